The molecule has 0 fully saturated rings. The summed E-state index contributed by atoms with van der Waals surface area (Å²) in [5.74, 6) is -1.44. The molecule has 3 aromatic rings. The summed E-state index contributed by atoms with van der Waals surface area (Å²) in [6.07, 6.45) is -1.31. The van der Waals surface area contributed by atoms with E-state index in [1.807, 2.05) is 0 Å². The first kappa shape index (κ1) is 23.4. The molecular weight excluding hydrogens is 432 g/mol. The first-order valence-electron chi connectivity index (χ1n) is 9.99. The fourth-order valence-corrected chi connectivity index (χ4v) is 3.11. The number of aromatic nitrogens is 2. The van der Waals surface area contributed by atoms with Crippen LogP contribution < -0.4 is 15.6 Å². The van der Waals surface area contributed by atoms with E-state index in [1.165, 1.54) is 30.8 Å². The van der Waals surface area contributed by atoms with Gasteiger partial charge in [-0.2, -0.15) is 5.10 Å². The van der Waals surface area contributed by atoms with Gasteiger partial charge in [-0.15, -0.1) is 0 Å². The molecule has 0 bridgehead atoms. The molecule has 3 rings (SSSR count). The van der Waals surface area contributed by atoms with Crippen molar-refractivity contribution in [1.82, 2.24) is 9.78 Å². The van der Waals surface area contributed by atoms with Crippen LogP contribution in [0.25, 0.3) is 10.8 Å². The molecule has 2 aromatic carbocycles. The number of ether oxygens (including phenoxy) is 2. The molecule has 1 N–H and O–H groups in total. The number of esters is 1. The van der Waals surface area contributed by atoms with Crippen LogP contribution in [0.3, 0.4) is 0 Å². The number of nitro groups is 1. The molecule has 0 aliphatic rings. The van der Waals surface area contributed by atoms with Gasteiger partial charge in [-0.05, 0) is 39.0 Å². The van der Waals surface area contributed by atoms with Gasteiger partial charge in [-0.3, -0.25) is 19.7 Å². The lowest BCUT2D eigenvalue weighted by Gasteiger charge is -2.16. The fourth-order valence-electron chi connectivity index (χ4n) is 3.11. The van der Waals surface area contributed by atoms with Gasteiger partial charge in [-0.1, -0.05) is 18.2 Å². The number of hydrogen-bond donors (Lipinski definition) is 1. The van der Waals surface area contributed by atoms with Gasteiger partial charge in [0.1, 0.15) is 11.4 Å². The molecule has 1 amide bonds. The Morgan fingerprint density at radius 1 is 1.12 bits per heavy atom. The van der Waals surface area contributed by atoms with Gasteiger partial charge in [-0.25, -0.2) is 9.48 Å². The third kappa shape index (κ3) is 4.81. The molecule has 1 heterocycles. The molecule has 1 unspecified atom stereocenters. The Kier molecular flexibility index (Phi) is 6.71. The maximum absolute atomic E-state index is 12.9. The molecule has 1 atom stereocenters. The van der Waals surface area contributed by atoms with Crippen LogP contribution in [0, 0.1) is 10.1 Å². The Bertz CT molecular complexity index is 1300. The van der Waals surface area contributed by atoms with Gasteiger partial charge in [0.2, 0.25) is 0 Å². The first-order chi connectivity index (χ1) is 15.6. The van der Waals surface area contributed by atoms with Crippen LogP contribution in [-0.2, 0) is 9.53 Å². The highest BCUT2D eigenvalue weighted by atomic mass is 16.6. The zero-order valence-electron chi connectivity index (χ0n) is 18.4. The van der Waals surface area contributed by atoms with Gasteiger partial charge >= 0.3 is 5.97 Å². The molecule has 1 aromatic heterocycles. The number of carbonyl (C=O) groups is 2. The number of fused-ring (bicyclic) bond motifs is 1. The van der Waals surface area contributed by atoms with Crippen molar-refractivity contribution in [2.75, 3.05) is 12.4 Å². The monoisotopic (exact) mass is 454 g/mol. The molecule has 0 saturated carbocycles. The number of nitrogens with one attached hydrogen (secondary N) is 1. The number of nitro benzene ring substituents is 1. The second kappa shape index (κ2) is 9.47. The third-order valence-electron chi connectivity index (χ3n) is 4.82. The molecule has 11 nitrogen and oxygen atoms in total. The molecular formula is C22H22N4O7. The van der Waals surface area contributed by atoms with Gasteiger partial charge < -0.3 is 14.8 Å². The first-order valence-corrected chi connectivity index (χ1v) is 9.99. The average molecular weight is 454 g/mol. The van der Waals surface area contributed by atoms with Gasteiger partial charge in [0.15, 0.2) is 11.8 Å². The summed E-state index contributed by atoms with van der Waals surface area (Å²) in [7, 11) is 1.36. The van der Waals surface area contributed by atoms with Crippen LogP contribution in [0.15, 0.2) is 47.3 Å². The van der Waals surface area contributed by atoms with E-state index >= 15 is 0 Å². The number of hydrogen-bond acceptors (Lipinski definition) is 8. The lowest BCUT2D eigenvalue weighted by atomic mass is 10.1. The number of carbonyl (C=O) groups excluding carboxylic acids is 2. The molecule has 0 spiro atoms. The third-order valence-corrected chi connectivity index (χ3v) is 4.82. The molecule has 11 heteroatoms. The summed E-state index contributed by atoms with van der Waals surface area (Å²) in [5, 5.41) is 18.4. The highest BCUT2D eigenvalue weighted by molar-refractivity contribution is 6.04. The van der Waals surface area contributed by atoms with E-state index in [0.717, 1.165) is 6.07 Å². The summed E-state index contributed by atoms with van der Waals surface area (Å²) in [5.41, 5.74) is -0.924. The fraction of sp³-hybridized carbons (Fsp3) is 0.273. The van der Waals surface area contributed by atoms with Crippen molar-refractivity contribution in [3.8, 4) is 5.75 Å². The molecule has 0 aliphatic heterocycles. The Morgan fingerprint density at radius 3 is 2.39 bits per heavy atom. The van der Waals surface area contributed by atoms with Crippen molar-refractivity contribution in [2.45, 2.75) is 32.9 Å². The van der Waals surface area contributed by atoms with Crippen LogP contribution in [0.5, 0.6) is 5.75 Å². The average Bonchev–Trinajstić information content (AvgIpc) is 2.79. The van der Waals surface area contributed by atoms with E-state index in [1.54, 1.807) is 38.1 Å². The Morgan fingerprint density at radius 2 is 1.79 bits per heavy atom. The maximum Gasteiger partial charge on any atom is 0.360 e. The van der Waals surface area contributed by atoms with E-state index in [4.69, 9.17) is 9.47 Å². The van der Waals surface area contributed by atoms with Gasteiger partial charge in [0, 0.05) is 5.39 Å². The molecule has 33 heavy (non-hydrogen) atoms. The van der Waals surface area contributed by atoms with E-state index in [-0.39, 0.29) is 34.4 Å². The Hall–Kier alpha value is -4.28. The van der Waals surface area contributed by atoms with Gasteiger partial charge in [0.25, 0.3) is 17.2 Å². The number of amides is 1. The van der Waals surface area contributed by atoms with Gasteiger partial charge in [0.05, 0.1) is 29.5 Å². The highest BCUT2D eigenvalue weighted by Crippen LogP contribution is 2.29. The van der Waals surface area contributed by atoms with E-state index in [2.05, 4.69) is 10.4 Å². The minimum Gasteiger partial charge on any atom is -0.496 e. The summed E-state index contributed by atoms with van der Waals surface area (Å²) in [4.78, 5) is 48.7. The minimum atomic E-state index is -1.31. The van der Waals surface area contributed by atoms with E-state index < -0.39 is 22.9 Å². The summed E-state index contributed by atoms with van der Waals surface area (Å²) in [6.45, 7) is 4.81. The zero-order chi connectivity index (χ0) is 24.3. The number of methoxy groups -OCH3 is 1. The van der Waals surface area contributed by atoms with Crippen molar-refractivity contribution in [3.63, 3.8) is 0 Å². The summed E-state index contributed by atoms with van der Waals surface area (Å²) >= 11 is 0. The van der Waals surface area contributed by atoms with Crippen molar-refractivity contribution >= 4 is 34.0 Å². The number of rotatable bonds is 7. The summed E-state index contributed by atoms with van der Waals surface area (Å²) in [6, 6.07) is 10.1. The predicted molar refractivity (Wildman–Crippen MR) is 120 cm³/mol. The van der Waals surface area contributed by atoms with Crippen molar-refractivity contribution in [3.05, 3.63) is 68.6 Å². The van der Waals surface area contributed by atoms with Crippen LogP contribution in [-0.4, -0.2) is 39.8 Å². The lowest BCUT2D eigenvalue weighted by Crippen LogP contribution is -2.32. The maximum atomic E-state index is 12.9. The number of nitrogens with zero attached hydrogens (tertiary/aromatic N) is 3. The highest BCUT2D eigenvalue weighted by Gasteiger charge is 2.25. The number of benzene rings is 2. The number of anilines is 1. The van der Waals surface area contributed by atoms with Crippen molar-refractivity contribution in [1.29, 1.82) is 0 Å². The topological polar surface area (TPSA) is 143 Å². The van der Waals surface area contributed by atoms with Crippen LogP contribution in [0.2, 0.25) is 0 Å². The minimum absolute atomic E-state index is 0.0781. The smallest absolute Gasteiger partial charge is 0.360 e. The second-order valence-corrected chi connectivity index (χ2v) is 7.41. The largest absolute Gasteiger partial charge is 0.496 e. The molecule has 0 aliphatic carbocycles. The normalized spacial score (nSPS) is 11.8. The summed E-state index contributed by atoms with van der Waals surface area (Å²) < 4.78 is 11.4. The van der Waals surface area contributed by atoms with Crippen molar-refractivity contribution < 1.29 is 24.0 Å². The van der Waals surface area contributed by atoms with Crippen LogP contribution >= 0.6 is 0 Å². The lowest BCUT2D eigenvalue weighted by molar-refractivity contribution is -0.384. The molecule has 0 radical (unpaired) electrons. The Balaban J connectivity index is 1.86. The van der Waals surface area contributed by atoms with Crippen LogP contribution in [0.4, 0.5) is 11.4 Å². The standard InChI is InChI=1S/C22H22N4O7/c1-12(2)25-21(28)16-8-6-5-7-15(16)19(24-25)22(29)33-13(3)20(27)23-17-10-9-14(32-4)11-18(17)26(30)31/h5-13H,1-4H3,(H,23,27). The van der Waals surface area contributed by atoms with Crippen molar-refractivity contribution in [2.24, 2.45) is 0 Å². The molecule has 0 saturated heterocycles. The second-order valence-electron chi connectivity index (χ2n) is 7.41. The van der Waals surface area contributed by atoms with Crippen LogP contribution in [0.1, 0.15) is 37.3 Å². The van der Waals surface area contributed by atoms with E-state index in [0.29, 0.717) is 10.8 Å². The zero-order valence-corrected chi connectivity index (χ0v) is 18.4. The quantitative estimate of drug-likeness (QED) is 0.326. The predicted octanol–water partition coefficient (Wildman–Crippen LogP) is 3.08. The SMILES string of the molecule is COc1ccc(NC(=O)C(C)OC(=O)c2nn(C(C)C)c(=O)c3ccccc23)c([N+](=O)[O-])c1. The Labute approximate surface area is 188 Å². The molecule has 172 valence electrons. The van der Waals surface area contributed by atoms with E-state index in [9.17, 15) is 24.5 Å².